The van der Waals surface area contributed by atoms with Crippen LogP contribution in [0.5, 0.6) is 0 Å². The molecule has 0 atom stereocenters. The quantitative estimate of drug-likeness (QED) is 0.676. The van der Waals surface area contributed by atoms with E-state index in [1.807, 2.05) is 0 Å². The van der Waals surface area contributed by atoms with E-state index in [0.717, 1.165) is 12.3 Å². The van der Waals surface area contributed by atoms with Gasteiger partial charge in [-0.2, -0.15) is 4.39 Å². The van der Waals surface area contributed by atoms with Crippen LogP contribution < -0.4 is 0 Å². The molecular formula is C11H5ClF2N. The van der Waals surface area contributed by atoms with Crippen LogP contribution in [-0.4, -0.2) is 4.98 Å². The molecule has 0 bridgehead atoms. The lowest BCUT2D eigenvalue weighted by molar-refractivity contribution is 0.563. The first-order valence-corrected chi connectivity index (χ1v) is 4.53. The van der Waals surface area contributed by atoms with Gasteiger partial charge in [-0.05, 0) is 17.7 Å². The standard InChI is InChI=1S/C11H5ClF2N/c12-8-3-1-2-7(4-8)10-5-9(13)6-15-11(10)14/h1-2,4-6H. The summed E-state index contributed by atoms with van der Waals surface area (Å²) in [7, 11) is 0. The minimum Gasteiger partial charge on any atom is -0.225 e. The fourth-order valence-corrected chi connectivity index (χ4v) is 1.41. The highest BCUT2D eigenvalue weighted by atomic mass is 35.5. The molecule has 1 aromatic carbocycles. The van der Waals surface area contributed by atoms with Crippen molar-refractivity contribution >= 4 is 11.6 Å². The zero-order chi connectivity index (χ0) is 10.8. The summed E-state index contributed by atoms with van der Waals surface area (Å²) < 4.78 is 26.1. The number of aromatic nitrogens is 1. The summed E-state index contributed by atoms with van der Waals surface area (Å²) in [6.45, 7) is 0. The molecule has 0 saturated heterocycles. The third-order valence-electron chi connectivity index (χ3n) is 1.88. The molecule has 0 aliphatic rings. The van der Waals surface area contributed by atoms with E-state index in [9.17, 15) is 8.78 Å². The summed E-state index contributed by atoms with van der Waals surface area (Å²) >= 11 is 5.69. The summed E-state index contributed by atoms with van der Waals surface area (Å²) in [5.41, 5.74) is 0.564. The van der Waals surface area contributed by atoms with E-state index in [2.05, 4.69) is 11.1 Å². The van der Waals surface area contributed by atoms with E-state index < -0.39 is 11.8 Å². The molecule has 2 rings (SSSR count). The highest BCUT2D eigenvalue weighted by molar-refractivity contribution is 6.30. The van der Waals surface area contributed by atoms with Gasteiger partial charge in [0.1, 0.15) is 5.82 Å². The molecule has 0 saturated carbocycles. The van der Waals surface area contributed by atoms with Gasteiger partial charge in [-0.1, -0.05) is 23.7 Å². The Kier molecular flexibility index (Phi) is 2.64. The predicted octanol–water partition coefficient (Wildman–Crippen LogP) is 3.48. The number of hydrogen-bond acceptors (Lipinski definition) is 1. The molecule has 0 aliphatic heterocycles. The Labute approximate surface area is 90.3 Å². The van der Waals surface area contributed by atoms with Crippen LogP contribution in [0.1, 0.15) is 0 Å². The Hall–Kier alpha value is -1.48. The lowest BCUT2D eigenvalue weighted by atomic mass is 10.1. The fraction of sp³-hybridized carbons (Fsp3) is 0. The van der Waals surface area contributed by atoms with Gasteiger partial charge in [0.05, 0.1) is 6.20 Å². The monoisotopic (exact) mass is 224 g/mol. The van der Waals surface area contributed by atoms with Crippen molar-refractivity contribution < 1.29 is 8.78 Å². The van der Waals surface area contributed by atoms with Gasteiger partial charge in [0.25, 0.3) is 0 Å². The smallest absolute Gasteiger partial charge is 0.220 e. The average molecular weight is 225 g/mol. The van der Waals surface area contributed by atoms with Crippen molar-refractivity contribution in [3.05, 3.63) is 53.3 Å². The topological polar surface area (TPSA) is 12.9 Å². The van der Waals surface area contributed by atoms with Crippen molar-refractivity contribution in [1.29, 1.82) is 0 Å². The van der Waals surface area contributed by atoms with Crippen LogP contribution in [0.2, 0.25) is 5.02 Å². The van der Waals surface area contributed by atoms with Gasteiger partial charge in [-0.15, -0.1) is 0 Å². The zero-order valence-corrected chi connectivity index (χ0v) is 8.22. The Balaban J connectivity index is 2.58. The number of rotatable bonds is 1. The number of benzene rings is 1. The first-order valence-electron chi connectivity index (χ1n) is 4.15. The summed E-state index contributed by atoms with van der Waals surface area (Å²) in [5, 5.41) is 0.344. The van der Waals surface area contributed by atoms with Crippen LogP contribution in [0, 0.1) is 17.8 Å². The van der Waals surface area contributed by atoms with Crippen LogP contribution in [0.4, 0.5) is 8.78 Å². The van der Waals surface area contributed by atoms with Crippen LogP contribution in [0.25, 0.3) is 11.1 Å². The van der Waals surface area contributed by atoms with Gasteiger partial charge in [0.2, 0.25) is 5.95 Å². The van der Waals surface area contributed by atoms with Crippen molar-refractivity contribution in [1.82, 2.24) is 4.98 Å². The third kappa shape index (κ3) is 2.13. The van der Waals surface area contributed by atoms with E-state index in [-0.39, 0.29) is 5.56 Å². The molecule has 0 aliphatic carbocycles. The maximum absolute atomic E-state index is 13.3. The molecule has 1 aromatic heterocycles. The van der Waals surface area contributed by atoms with Crippen LogP contribution in [0.3, 0.4) is 0 Å². The van der Waals surface area contributed by atoms with Crippen molar-refractivity contribution in [3.8, 4) is 11.1 Å². The largest absolute Gasteiger partial charge is 0.225 e. The van der Waals surface area contributed by atoms with Crippen molar-refractivity contribution in [2.75, 3.05) is 0 Å². The van der Waals surface area contributed by atoms with Crippen LogP contribution in [-0.2, 0) is 0 Å². The van der Waals surface area contributed by atoms with Crippen molar-refractivity contribution in [2.24, 2.45) is 0 Å². The summed E-state index contributed by atoms with van der Waals surface area (Å²) in [5.74, 6) is -1.31. The van der Waals surface area contributed by atoms with E-state index in [1.54, 1.807) is 12.1 Å². The summed E-state index contributed by atoms with van der Waals surface area (Å²) in [6.07, 6.45) is 0.829. The lowest BCUT2D eigenvalue weighted by Gasteiger charge is -2.02. The highest BCUT2D eigenvalue weighted by Crippen LogP contribution is 2.24. The van der Waals surface area contributed by atoms with Gasteiger partial charge in [0, 0.05) is 16.7 Å². The molecule has 0 spiro atoms. The second-order valence-electron chi connectivity index (χ2n) is 2.92. The van der Waals surface area contributed by atoms with E-state index >= 15 is 0 Å². The van der Waals surface area contributed by atoms with Gasteiger partial charge < -0.3 is 0 Å². The number of nitrogens with zero attached hydrogens (tertiary/aromatic N) is 1. The van der Waals surface area contributed by atoms with Crippen molar-refractivity contribution in [3.63, 3.8) is 0 Å². The Morgan fingerprint density at radius 3 is 2.80 bits per heavy atom. The predicted molar refractivity (Wildman–Crippen MR) is 53.4 cm³/mol. The molecular weight excluding hydrogens is 220 g/mol. The molecule has 75 valence electrons. The molecule has 1 nitrogen and oxygen atoms in total. The van der Waals surface area contributed by atoms with Crippen molar-refractivity contribution in [2.45, 2.75) is 0 Å². The van der Waals surface area contributed by atoms with Crippen LogP contribution >= 0.6 is 11.6 Å². The normalized spacial score (nSPS) is 10.3. The first-order chi connectivity index (χ1) is 7.16. The third-order valence-corrected chi connectivity index (χ3v) is 2.10. The Bertz CT molecular complexity index is 500. The van der Waals surface area contributed by atoms with Gasteiger partial charge in [0.15, 0.2) is 0 Å². The fourth-order valence-electron chi connectivity index (χ4n) is 1.23. The average Bonchev–Trinajstić information content (AvgIpc) is 2.22. The minimum absolute atomic E-state index is 0.0888. The molecule has 15 heavy (non-hydrogen) atoms. The van der Waals surface area contributed by atoms with Gasteiger partial charge in [-0.3, -0.25) is 0 Å². The number of pyridine rings is 1. The first kappa shape index (κ1) is 10.1. The van der Waals surface area contributed by atoms with Crippen LogP contribution in [0.15, 0.2) is 30.5 Å². The highest BCUT2D eigenvalue weighted by Gasteiger charge is 2.07. The maximum Gasteiger partial charge on any atom is 0.220 e. The second-order valence-corrected chi connectivity index (χ2v) is 3.32. The zero-order valence-electron chi connectivity index (χ0n) is 7.47. The molecule has 1 heterocycles. The number of halogens is 3. The minimum atomic E-state index is -0.723. The molecule has 0 amide bonds. The van der Waals surface area contributed by atoms with E-state index in [4.69, 9.17) is 11.6 Å². The summed E-state index contributed by atoms with van der Waals surface area (Å²) in [6, 6.07) is 8.42. The Morgan fingerprint density at radius 2 is 2.07 bits per heavy atom. The van der Waals surface area contributed by atoms with Gasteiger partial charge in [-0.25, -0.2) is 9.37 Å². The Morgan fingerprint density at radius 1 is 1.27 bits per heavy atom. The van der Waals surface area contributed by atoms with Gasteiger partial charge >= 0.3 is 0 Å². The molecule has 0 unspecified atom stereocenters. The number of hydrogen-bond donors (Lipinski definition) is 0. The van der Waals surface area contributed by atoms with E-state index in [1.165, 1.54) is 6.07 Å². The molecule has 0 fully saturated rings. The molecule has 4 heteroatoms. The SMILES string of the molecule is Fc1cnc(F)c(-c2cc[c]c(Cl)c2)c1. The maximum atomic E-state index is 13.3. The molecule has 2 aromatic rings. The molecule has 0 N–H and O–H groups in total. The second kappa shape index (κ2) is 3.95. The van der Waals surface area contributed by atoms with E-state index in [0.29, 0.717) is 10.6 Å². The molecule has 1 radical (unpaired) electrons. The lowest BCUT2D eigenvalue weighted by Crippen LogP contribution is -1.90. The summed E-state index contributed by atoms with van der Waals surface area (Å²) in [4.78, 5) is 3.29.